The van der Waals surface area contributed by atoms with Crippen LogP contribution in [0, 0.1) is 18.3 Å². The van der Waals surface area contributed by atoms with E-state index in [1.54, 1.807) is 43.3 Å². The van der Waals surface area contributed by atoms with Gasteiger partial charge in [0.1, 0.15) is 34.7 Å². The summed E-state index contributed by atoms with van der Waals surface area (Å²) in [6.45, 7) is 1.78. The normalized spacial score (nSPS) is 15.8. The van der Waals surface area contributed by atoms with Crippen molar-refractivity contribution in [2.75, 3.05) is 6.61 Å². The number of amides is 2. The Bertz CT molecular complexity index is 1500. The SMILES string of the molecule is Cc1cc(OCC2(ON3C(=O)c4ccccc4C3=O)CC2)cc(OS(=O)(=O)c2ccccc2C#N)c1. The van der Waals surface area contributed by atoms with E-state index in [2.05, 4.69) is 0 Å². The molecule has 3 aromatic carbocycles. The number of hydrogen-bond donors (Lipinski definition) is 0. The molecule has 1 fully saturated rings. The fourth-order valence-corrected chi connectivity index (χ4v) is 4.92. The van der Waals surface area contributed by atoms with Crippen LogP contribution in [0.15, 0.2) is 71.6 Å². The second-order valence-electron chi connectivity index (χ2n) is 8.64. The van der Waals surface area contributed by atoms with Gasteiger partial charge >= 0.3 is 10.1 Å². The minimum absolute atomic E-state index is 0.0175. The Morgan fingerprint density at radius 1 is 0.944 bits per heavy atom. The van der Waals surface area contributed by atoms with Crippen molar-refractivity contribution < 1.29 is 31.8 Å². The third kappa shape index (κ3) is 4.42. The van der Waals surface area contributed by atoms with E-state index in [1.807, 2.05) is 6.07 Å². The molecule has 1 saturated carbocycles. The molecular formula is C26H20N2O7S. The highest BCUT2D eigenvalue weighted by Crippen LogP contribution is 2.42. The highest BCUT2D eigenvalue weighted by Gasteiger charge is 2.51. The van der Waals surface area contributed by atoms with Crippen molar-refractivity contribution in [3.05, 3.63) is 89.0 Å². The molecule has 36 heavy (non-hydrogen) atoms. The predicted octanol–water partition coefficient (Wildman–Crippen LogP) is 3.77. The predicted molar refractivity (Wildman–Crippen MR) is 126 cm³/mol. The maximum Gasteiger partial charge on any atom is 0.340 e. The molecule has 10 heteroatoms. The summed E-state index contributed by atoms with van der Waals surface area (Å²) in [4.78, 5) is 30.8. The highest BCUT2D eigenvalue weighted by atomic mass is 32.2. The first-order valence-electron chi connectivity index (χ1n) is 11.1. The van der Waals surface area contributed by atoms with E-state index in [1.165, 1.54) is 30.3 Å². The lowest BCUT2D eigenvalue weighted by atomic mass is 10.1. The third-order valence-electron chi connectivity index (χ3n) is 5.86. The number of rotatable bonds is 8. The molecule has 2 amide bonds. The molecule has 0 spiro atoms. The van der Waals surface area contributed by atoms with Crippen LogP contribution in [-0.2, 0) is 15.0 Å². The first kappa shape index (κ1) is 23.5. The average molecular weight is 505 g/mol. The molecule has 0 bridgehead atoms. The van der Waals surface area contributed by atoms with Crippen molar-refractivity contribution in [3.8, 4) is 17.6 Å². The molecule has 1 aliphatic carbocycles. The van der Waals surface area contributed by atoms with Crippen molar-refractivity contribution in [1.29, 1.82) is 5.26 Å². The standard InChI is InChI=1S/C26H20N2O7S/c1-17-12-19(14-20(13-17)34-36(31,32)23-9-5-2-6-18(23)15-27)33-16-26(10-11-26)35-28-24(29)21-7-3-4-8-22(21)25(28)30/h2-9,12-14H,10-11,16H2,1H3. The van der Waals surface area contributed by atoms with Crippen LogP contribution in [0.5, 0.6) is 11.5 Å². The second-order valence-corrected chi connectivity index (χ2v) is 10.2. The number of ether oxygens (including phenoxy) is 1. The van der Waals surface area contributed by atoms with E-state index in [4.69, 9.17) is 13.8 Å². The highest BCUT2D eigenvalue weighted by molar-refractivity contribution is 7.87. The monoisotopic (exact) mass is 504 g/mol. The van der Waals surface area contributed by atoms with Gasteiger partial charge in [0.25, 0.3) is 11.8 Å². The topological polar surface area (TPSA) is 123 Å². The lowest BCUT2D eigenvalue weighted by molar-refractivity contribution is -0.155. The van der Waals surface area contributed by atoms with Crippen LogP contribution in [0.1, 0.15) is 44.7 Å². The van der Waals surface area contributed by atoms with Crippen molar-refractivity contribution in [1.82, 2.24) is 5.06 Å². The Balaban J connectivity index is 1.29. The van der Waals surface area contributed by atoms with Gasteiger partial charge in [-0.25, -0.2) is 0 Å². The molecule has 9 nitrogen and oxygen atoms in total. The van der Waals surface area contributed by atoms with Gasteiger partial charge in [-0.1, -0.05) is 24.3 Å². The summed E-state index contributed by atoms with van der Waals surface area (Å²) in [5, 5.41) is 10.0. The van der Waals surface area contributed by atoms with E-state index in [-0.39, 0.29) is 22.8 Å². The van der Waals surface area contributed by atoms with E-state index in [9.17, 15) is 23.3 Å². The van der Waals surface area contributed by atoms with Gasteiger partial charge in [-0.3, -0.25) is 14.4 Å². The molecule has 0 radical (unpaired) electrons. The van der Waals surface area contributed by atoms with Gasteiger partial charge in [-0.2, -0.15) is 13.7 Å². The third-order valence-corrected chi connectivity index (χ3v) is 7.16. The number of hydrogen-bond acceptors (Lipinski definition) is 8. The quantitative estimate of drug-likeness (QED) is 0.336. The van der Waals surface area contributed by atoms with Gasteiger partial charge in [0.2, 0.25) is 0 Å². The van der Waals surface area contributed by atoms with Crippen molar-refractivity contribution in [3.63, 3.8) is 0 Å². The van der Waals surface area contributed by atoms with Crippen LogP contribution in [0.25, 0.3) is 0 Å². The molecule has 5 rings (SSSR count). The van der Waals surface area contributed by atoms with Gasteiger partial charge in [-0.15, -0.1) is 5.06 Å². The average Bonchev–Trinajstić information content (AvgIpc) is 3.60. The fraction of sp³-hybridized carbons (Fsp3) is 0.192. The Labute approximate surface area is 207 Å². The molecule has 1 aliphatic heterocycles. The molecule has 182 valence electrons. The Kier molecular flexibility index (Phi) is 5.74. The van der Waals surface area contributed by atoms with Gasteiger partial charge in [0.15, 0.2) is 0 Å². The number of nitrogens with zero attached hydrogens (tertiary/aromatic N) is 2. The fourth-order valence-electron chi connectivity index (χ4n) is 3.85. The molecule has 0 N–H and O–H groups in total. The van der Waals surface area contributed by atoms with Crippen molar-refractivity contribution in [2.45, 2.75) is 30.3 Å². The van der Waals surface area contributed by atoms with Gasteiger partial charge in [-0.05, 0) is 61.7 Å². The van der Waals surface area contributed by atoms with Crippen LogP contribution < -0.4 is 8.92 Å². The molecule has 3 aromatic rings. The van der Waals surface area contributed by atoms with E-state index in [0.29, 0.717) is 35.3 Å². The summed E-state index contributed by atoms with van der Waals surface area (Å²) < 4.78 is 36.7. The molecule has 2 aliphatic rings. The van der Waals surface area contributed by atoms with Crippen LogP contribution in [0.4, 0.5) is 0 Å². The number of imide groups is 1. The van der Waals surface area contributed by atoms with Crippen molar-refractivity contribution >= 4 is 21.9 Å². The number of carbonyl (C=O) groups is 2. The summed E-state index contributed by atoms with van der Waals surface area (Å²) >= 11 is 0. The summed E-state index contributed by atoms with van der Waals surface area (Å²) in [6.07, 6.45) is 1.16. The maximum absolute atomic E-state index is 12.8. The number of hydroxylamine groups is 2. The molecule has 0 unspecified atom stereocenters. The number of nitriles is 1. The Morgan fingerprint density at radius 3 is 2.19 bits per heavy atom. The molecule has 1 heterocycles. The van der Waals surface area contributed by atoms with Crippen LogP contribution in [0.3, 0.4) is 0 Å². The number of fused-ring (bicyclic) bond motifs is 1. The summed E-state index contributed by atoms with van der Waals surface area (Å²) in [5.74, 6) is -0.693. The van der Waals surface area contributed by atoms with Crippen LogP contribution in [-0.4, -0.2) is 37.5 Å². The lowest BCUT2D eigenvalue weighted by Crippen LogP contribution is -2.38. The van der Waals surface area contributed by atoms with Crippen molar-refractivity contribution in [2.24, 2.45) is 0 Å². The first-order valence-corrected chi connectivity index (χ1v) is 12.5. The summed E-state index contributed by atoms with van der Waals surface area (Å²) in [6, 6.07) is 18.8. The van der Waals surface area contributed by atoms with Crippen LogP contribution >= 0.6 is 0 Å². The molecule has 0 atom stereocenters. The zero-order valence-electron chi connectivity index (χ0n) is 19.1. The minimum atomic E-state index is -4.26. The summed E-state index contributed by atoms with van der Waals surface area (Å²) in [5.41, 5.74) is 0.383. The smallest absolute Gasteiger partial charge is 0.340 e. The summed E-state index contributed by atoms with van der Waals surface area (Å²) in [7, 11) is -4.26. The molecule has 0 saturated heterocycles. The lowest BCUT2D eigenvalue weighted by Gasteiger charge is -2.22. The maximum atomic E-state index is 12.8. The molecule has 0 aromatic heterocycles. The minimum Gasteiger partial charge on any atom is -0.490 e. The van der Waals surface area contributed by atoms with Crippen LogP contribution in [0.2, 0.25) is 0 Å². The number of aryl methyl sites for hydroxylation is 1. The zero-order chi connectivity index (χ0) is 25.5. The second kappa shape index (κ2) is 8.78. The number of benzene rings is 3. The largest absolute Gasteiger partial charge is 0.490 e. The van der Waals surface area contributed by atoms with Gasteiger partial charge < -0.3 is 8.92 Å². The van der Waals surface area contributed by atoms with Gasteiger partial charge in [0.05, 0.1) is 16.7 Å². The first-order chi connectivity index (χ1) is 17.2. The van der Waals surface area contributed by atoms with E-state index in [0.717, 1.165) is 5.06 Å². The van der Waals surface area contributed by atoms with E-state index >= 15 is 0 Å². The molecular weight excluding hydrogens is 484 g/mol. The van der Waals surface area contributed by atoms with E-state index < -0.39 is 27.5 Å². The Hall–Kier alpha value is -4.20. The Morgan fingerprint density at radius 2 is 1.56 bits per heavy atom. The van der Waals surface area contributed by atoms with Gasteiger partial charge in [0, 0.05) is 6.07 Å². The zero-order valence-corrected chi connectivity index (χ0v) is 19.9. The number of carbonyl (C=O) groups excluding carboxylic acids is 2.